The number of benzene rings is 1. The van der Waals surface area contributed by atoms with Crippen LogP contribution in [0.1, 0.15) is 5.56 Å². The molecule has 1 amide bonds. The van der Waals surface area contributed by atoms with Gasteiger partial charge in [0.1, 0.15) is 5.75 Å². The van der Waals surface area contributed by atoms with E-state index in [1.807, 2.05) is 24.3 Å². The Morgan fingerprint density at radius 3 is 2.81 bits per heavy atom. The summed E-state index contributed by atoms with van der Waals surface area (Å²) in [4.78, 5) is 11.8. The molecule has 0 unspecified atom stereocenters. The predicted octanol–water partition coefficient (Wildman–Crippen LogP) is 1.74. The number of rotatable bonds is 6. The lowest BCUT2D eigenvalue weighted by Gasteiger charge is -2.09. The van der Waals surface area contributed by atoms with Crippen LogP contribution in [0.15, 0.2) is 53.7 Å². The monoisotopic (exact) mass is 304 g/mol. The van der Waals surface area contributed by atoms with Crippen molar-refractivity contribution in [3.8, 4) is 5.75 Å². The van der Waals surface area contributed by atoms with Crippen LogP contribution in [0.5, 0.6) is 5.75 Å². The van der Waals surface area contributed by atoms with E-state index < -0.39 is 0 Å². The highest BCUT2D eigenvalue weighted by Crippen LogP contribution is 2.17. The van der Waals surface area contributed by atoms with Crippen molar-refractivity contribution in [2.45, 2.75) is 11.6 Å². The fourth-order valence-corrected chi connectivity index (χ4v) is 2.50. The Balaban J connectivity index is 1.84. The lowest BCUT2D eigenvalue weighted by atomic mass is 10.2. The Kier molecular flexibility index (Phi) is 5.45. The number of amides is 1. The molecule has 5 nitrogen and oxygen atoms in total. The Morgan fingerprint density at radius 2 is 2.05 bits per heavy atom. The van der Waals surface area contributed by atoms with Crippen LogP contribution in [0.4, 0.5) is 0 Å². The van der Waals surface area contributed by atoms with Crippen LogP contribution < -0.4 is 14.8 Å². The molecule has 0 spiro atoms. The average molecular weight is 304 g/mol. The number of thioether (sulfide) groups is 1. The molecule has 0 bridgehead atoms. The maximum Gasteiger partial charge on any atom is 0.251 e. The van der Waals surface area contributed by atoms with Crippen LogP contribution in [0.25, 0.3) is 0 Å². The third kappa shape index (κ3) is 4.39. The van der Waals surface area contributed by atoms with Gasteiger partial charge in [0.15, 0.2) is 6.20 Å². The number of nitrogens with one attached hydrogen (secondary N) is 1. The van der Waals surface area contributed by atoms with Gasteiger partial charge in [0, 0.05) is 24.2 Å². The average Bonchev–Trinajstić information content (AvgIpc) is 2.52. The van der Waals surface area contributed by atoms with Gasteiger partial charge in [-0.25, -0.2) is 0 Å². The molecule has 1 N–H and O–H groups in total. The summed E-state index contributed by atoms with van der Waals surface area (Å²) >= 11 is 1.21. The highest BCUT2D eigenvalue weighted by molar-refractivity contribution is 7.99. The molecule has 6 heteroatoms. The summed E-state index contributed by atoms with van der Waals surface area (Å²) in [5.74, 6) is 0.808. The van der Waals surface area contributed by atoms with E-state index in [0.717, 1.165) is 16.0 Å². The number of carbonyl (C=O) groups is 1. The van der Waals surface area contributed by atoms with E-state index in [4.69, 9.17) is 4.74 Å². The molecule has 0 atom stereocenters. The van der Waals surface area contributed by atoms with Gasteiger partial charge >= 0.3 is 0 Å². The topological polar surface area (TPSA) is 65.3 Å². The van der Waals surface area contributed by atoms with Gasteiger partial charge in [0.25, 0.3) is 5.03 Å². The number of hydrogen-bond donors (Lipinski definition) is 1. The molecule has 0 radical (unpaired) electrons. The van der Waals surface area contributed by atoms with Gasteiger partial charge in [-0.1, -0.05) is 18.2 Å². The Labute approximate surface area is 127 Å². The lowest BCUT2D eigenvalue weighted by Crippen LogP contribution is -2.29. The molecule has 2 aromatic rings. The minimum Gasteiger partial charge on any atom is -0.618 e. The van der Waals surface area contributed by atoms with Crippen molar-refractivity contribution in [2.75, 3.05) is 12.9 Å². The number of para-hydroxylation sites is 1. The molecule has 0 fully saturated rings. The second-order valence-corrected chi connectivity index (χ2v) is 5.24. The molecule has 0 saturated carbocycles. The van der Waals surface area contributed by atoms with Crippen molar-refractivity contribution >= 4 is 17.7 Å². The van der Waals surface area contributed by atoms with E-state index in [2.05, 4.69) is 5.32 Å². The van der Waals surface area contributed by atoms with Crippen molar-refractivity contribution in [3.63, 3.8) is 0 Å². The van der Waals surface area contributed by atoms with Crippen molar-refractivity contribution in [1.82, 2.24) is 5.32 Å². The number of pyridine rings is 1. The van der Waals surface area contributed by atoms with Gasteiger partial charge in [0.05, 0.1) is 12.9 Å². The Morgan fingerprint density at radius 1 is 1.29 bits per heavy atom. The third-order valence-corrected chi connectivity index (χ3v) is 3.83. The van der Waals surface area contributed by atoms with Crippen molar-refractivity contribution in [2.24, 2.45) is 0 Å². The summed E-state index contributed by atoms with van der Waals surface area (Å²) in [6.07, 6.45) is 1.41. The van der Waals surface area contributed by atoms with Gasteiger partial charge in [-0.05, 0) is 23.9 Å². The lowest BCUT2D eigenvalue weighted by molar-refractivity contribution is -0.645. The van der Waals surface area contributed by atoms with E-state index in [1.54, 1.807) is 25.3 Å². The molecule has 0 aliphatic rings. The Bertz CT molecular complexity index is 619. The zero-order valence-electron chi connectivity index (χ0n) is 11.6. The molecule has 1 aromatic heterocycles. The molecule has 1 aromatic carbocycles. The van der Waals surface area contributed by atoms with E-state index >= 15 is 0 Å². The maximum absolute atomic E-state index is 11.8. The van der Waals surface area contributed by atoms with Crippen LogP contribution >= 0.6 is 11.8 Å². The van der Waals surface area contributed by atoms with E-state index in [0.29, 0.717) is 11.6 Å². The number of aromatic nitrogens is 1. The van der Waals surface area contributed by atoms with Crippen molar-refractivity contribution in [1.29, 1.82) is 0 Å². The summed E-state index contributed by atoms with van der Waals surface area (Å²) < 4.78 is 5.97. The molecule has 0 saturated heterocycles. The number of carbonyl (C=O) groups excluding carboxylic acids is 1. The van der Waals surface area contributed by atoms with E-state index in [9.17, 15) is 10.0 Å². The summed E-state index contributed by atoms with van der Waals surface area (Å²) in [5.41, 5.74) is 0.914. The van der Waals surface area contributed by atoms with Crippen LogP contribution in [0.3, 0.4) is 0 Å². The minimum atomic E-state index is -0.130. The second kappa shape index (κ2) is 7.54. The number of nitrogens with zero attached hydrogens (tertiary/aromatic N) is 1. The number of hydrogen-bond acceptors (Lipinski definition) is 4. The van der Waals surface area contributed by atoms with Gasteiger partial charge in [0.2, 0.25) is 5.91 Å². The first-order chi connectivity index (χ1) is 10.2. The largest absolute Gasteiger partial charge is 0.618 e. The van der Waals surface area contributed by atoms with Crippen molar-refractivity contribution in [3.05, 3.63) is 59.4 Å². The van der Waals surface area contributed by atoms with Crippen molar-refractivity contribution < 1.29 is 14.3 Å². The van der Waals surface area contributed by atoms with Crippen LogP contribution in [-0.2, 0) is 11.3 Å². The zero-order valence-corrected chi connectivity index (χ0v) is 12.4. The molecule has 110 valence electrons. The van der Waals surface area contributed by atoms with Crippen LogP contribution in [-0.4, -0.2) is 18.8 Å². The highest BCUT2D eigenvalue weighted by Gasteiger charge is 2.09. The summed E-state index contributed by atoms with van der Waals surface area (Å²) in [5, 5.41) is 14.8. The Hall–Kier alpha value is -2.21. The van der Waals surface area contributed by atoms with Crippen LogP contribution in [0.2, 0.25) is 0 Å². The SMILES string of the molecule is COc1ccccc1CNC(=O)CSc1cccc[n+]1[O-]. The molecule has 2 rings (SSSR count). The quantitative estimate of drug-likeness (QED) is 0.501. The normalized spacial score (nSPS) is 10.1. The van der Waals surface area contributed by atoms with Crippen LogP contribution in [0, 0.1) is 5.21 Å². The third-order valence-electron chi connectivity index (χ3n) is 2.81. The standard InChI is InChI=1S/C15H16N2O3S/c1-20-13-7-3-2-6-12(13)10-16-14(18)11-21-15-8-4-5-9-17(15)19/h2-9H,10-11H2,1H3,(H,16,18). The number of ether oxygens (including phenoxy) is 1. The first-order valence-electron chi connectivity index (χ1n) is 6.40. The summed E-state index contributed by atoms with van der Waals surface area (Å²) in [7, 11) is 1.60. The summed E-state index contributed by atoms with van der Waals surface area (Å²) in [6, 6.07) is 12.6. The van der Waals surface area contributed by atoms with E-state index in [1.165, 1.54) is 18.0 Å². The molecular formula is C15H16N2O3S. The van der Waals surface area contributed by atoms with Gasteiger partial charge in [-0.15, -0.1) is 0 Å². The smallest absolute Gasteiger partial charge is 0.251 e. The zero-order chi connectivity index (χ0) is 15.1. The highest BCUT2D eigenvalue weighted by atomic mass is 32.2. The molecule has 1 heterocycles. The van der Waals surface area contributed by atoms with E-state index in [-0.39, 0.29) is 11.7 Å². The second-order valence-electron chi connectivity index (χ2n) is 4.24. The fourth-order valence-electron chi connectivity index (χ4n) is 1.76. The maximum atomic E-state index is 11.8. The fraction of sp³-hybridized carbons (Fsp3) is 0.200. The molecule has 21 heavy (non-hydrogen) atoms. The van der Waals surface area contributed by atoms with Gasteiger partial charge < -0.3 is 15.3 Å². The summed E-state index contributed by atoms with van der Waals surface area (Å²) in [6.45, 7) is 0.398. The number of methoxy groups -OCH3 is 1. The predicted molar refractivity (Wildman–Crippen MR) is 81.0 cm³/mol. The molecule has 0 aliphatic heterocycles. The van der Waals surface area contributed by atoms with Gasteiger partial charge in [-0.2, -0.15) is 4.73 Å². The molecule has 0 aliphatic carbocycles. The first kappa shape index (κ1) is 15.2. The minimum absolute atomic E-state index is 0.130. The van der Waals surface area contributed by atoms with Gasteiger partial charge in [-0.3, -0.25) is 4.79 Å². The molecular weight excluding hydrogens is 288 g/mol. The first-order valence-corrected chi connectivity index (χ1v) is 7.39.